The lowest BCUT2D eigenvalue weighted by molar-refractivity contribution is -0.161. The Bertz CT molecular complexity index is 1740. The van der Waals surface area contributed by atoms with Gasteiger partial charge in [-0.3, -0.25) is 23.2 Å². The number of unbranched alkanes of at least 4 members (excludes halogenated alkanes) is 26. The number of phosphoric acid groups is 2. The van der Waals surface area contributed by atoms with Gasteiger partial charge in [-0.15, -0.1) is 0 Å². The Labute approximate surface area is 431 Å². The van der Waals surface area contributed by atoms with E-state index >= 15 is 0 Å². The molecule has 0 aliphatic carbocycles. The van der Waals surface area contributed by atoms with Gasteiger partial charge in [0.05, 0.1) is 13.2 Å². The molecule has 7 atom stereocenters. The van der Waals surface area contributed by atoms with Gasteiger partial charge in [-0.2, -0.15) is 9.29 Å². The van der Waals surface area contributed by atoms with E-state index in [4.69, 9.17) is 29.0 Å². The second-order valence-corrected chi connectivity index (χ2v) is 23.8. The molecule has 1 fully saturated rings. The fourth-order valence-electron chi connectivity index (χ4n) is 8.74. The number of esters is 2. The minimum absolute atomic E-state index is 0.0575. The number of nitrogen functional groups attached to an aromatic ring is 1. The van der Waals surface area contributed by atoms with E-state index in [0.29, 0.717) is 12.8 Å². The Morgan fingerprint density at radius 2 is 1.03 bits per heavy atom. The van der Waals surface area contributed by atoms with Crippen LogP contribution in [-0.2, 0) is 46.3 Å². The maximum Gasteiger partial charge on any atom is 0.481 e. The van der Waals surface area contributed by atoms with Crippen molar-refractivity contribution < 1.29 is 66.3 Å². The fourth-order valence-corrected chi connectivity index (χ4v) is 10.9. The van der Waals surface area contributed by atoms with Crippen LogP contribution in [-0.4, -0.2) is 85.7 Å². The summed E-state index contributed by atoms with van der Waals surface area (Å²) in [5.41, 5.74) is 4.60. The maximum atomic E-state index is 12.9. The van der Waals surface area contributed by atoms with Crippen molar-refractivity contribution in [3.05, 3.63) is 22.7 Å². The molecule has 72 heavy (non-hydrogen) atoms. The molecule has 0 amide bonds. The molecule has 0 aromatic carbocycles. The number of phosphoric ester groups is 2. The standard InChI is InChI=1S/C52H97N3O15P2/c1-42(2)33-29-25-21-17-13-11-9-7-5-6-8-10-12-14-20-24-28-32-36-48(57)68-44(39-65-47(56)35-31-27-23-19-16-15-18-22-26-30-34-43(3)4)40-66-71(61,62)70-72(63,64)67-41-45-49(58)50(59)51(69-45)55-38-37-46(53)54-52(55)60/h37-38,42-45,49-51,58-59H,5-36,39-41H2,1-4H3,(H,61,62)(H,63,64)(H2,53,54,60)/t44-,45-,49+,50?,51-/m1/s1. The third-order valence-corrected chi connectivity index (χ3v) is 15.6. The third-order valence-electron chi connectivity index (χ3n) is 13.0. The predicted octanol–water partition coefficient (Wildman–Crippen LogP) is 11.9. The Morgan fingerprint density at radius 3 is 1.46 bits per heavy atom. The Balaban J connectivity index is 1.74. The number of nitrogens with two attached hydrogens (primary N) is 1. The highest BCUT2D eigenvalue weighted by atomic mass is 31.3. The number of carbonyl (C=O) groups excluding carboxylic acids is 2. The highest BCUT2D eigenvalue weighted by Crippen LogP contribution is 2.60. The van der Waals surface area contributed by atoms with Crippen molar-refractivity contribution in [2.24, 2.45) is 11.8 Å². The van der Waals surface area contributed by atoms with Crippen molar-refractivity contribution in [1.29, 1.82) is 0 Å². The van der Waals surface area contributed by atoms with Crippen LogP contribution >= 0.6 is 15.6 Å². The quantitative estimate of drug-likeness (QED) is 0.0231. The van der Waals surface area contributed by atoms with Crippen molar-refractivity contribution in [1.82, 2.24) is 9.55 Å². The van der Waals surface area contributed by atoms with Crippen LogP contribution in [0.3, 0.4) is 0 Å². The fraction of sp³-hybridized carbons (Fsp3) is 0.885. The number of aromatic nitrogens is 2. The summed E-state index contributed by atoms with van der Waals surface area (Å²) in [6, 6.07) is 1.25. The molecule has 1 aliphatic heterocycles. The van der Waals surface area contributed by atoms with E-state index in [1.54, 1.807) is 0 Å². The van der Waals surface area contributed by atoms with Crippen molar-refractivity contribution in [2.75, 3.05) is 25.6 Å². The zero-order valence-corrected chi connectivity index (χ0v) is 46.4. The molecular formula is C52H97N3O15P2. The van der Waals surface area contributed by atoms with Gasteiger partial charge in [0.15, 0.2) is 12.3 Å². The van der Waals surface area contributed by atoms with Gasteiger partial charge in [-0.05, 0) is 30.7 Å². The summed E-state index contributed by atoms with van der Waals surface area (Å²) < 4.78 is 56.9. The largest absolute Gasteiger partial charge is 0.481 e. The number of aliphatic hydroxyl groups excluding tert-OH is 2. The van der Waals surface area contributed by atoms with Gasteiger partial charge in [-0.25, -0.2) is 13.9 Å². The second-order valence-electron chi connectivity index (χ2n) is 20.8. The smallest absolute Gasteiger partial charge is 0.462 e. The Kier molecular flexibility index (Phi) is 35.8. The first-order valence-corrected chi connectivity index (χ1v) is 30.8. The van der Waals surface area contributed by atoms with E-state index in [1.165, 1.54) is 141 Å². The molecule has 0 radical (unpaired) electrons. The monoisotopic (exact) mass is 1070 g/mol. The first kappa shape index (κ1) is 65.9. The lowest BCUT2D eigenvalue weighted by Gasteiger charge is -2.21. The zero-order chi connectivity index (χ0) is 53.0. The van der Waals surface area contributed by atoms with Crippen molar-refractivity contribution in [3.63, 3.8) is 0 Å². The molecule has 0 saturated carbocycles. The number of hydrogen-bond acceptors (Lipinski definition) is 15. The summed E-state index contributed by atoms with van der Waals surface area (Å²) in [4.78, 5) is 62.0. The van der Waals surface area contributed by atoms with E-state index in [2.05, 4.69) is 37.0 Å². The van der Waals surface area contributed by atoms with Crippen LogP contribution in [0.2, 0.25) is 0 Å². The van der Waals surface area contributed by atoms with Crippen LogP contribution in [0.4, 0.5) is 5.82 Å². The normalized spacial score (nSPS) is 19.1. The average Bonchev–Trinajstić information content (AvgIpc) is 3.59. The highest BCUT2D eigenvalue weighted by Gasteiger charge is 2.46. The molecule has 2 heterocycles. The minimum Gasteiger partial charge on any atom is -0.462 e. The number of hydrogen-bond donors (Lipinski definition) is 5. The van der Waals surface area contributed by atoms with Gasteiger partial charge in [0.1, 0.15) is 30.7 Å². The summed E-state index contributed by atoms with van der Waals surface area (Å²) in [6.07, 6.45) is 29.1. The van der Waals surface area contributed by atoms with E-state index in [9.17, 15) is 43.5 Å². The highest BCUT2D eigenvalue weighted by molar-refractivity contribution is 7.61. The Morgan fingerprint density at radius 1 is 0.625 bits per heavy atom. The van der Waals surface area contributed by atoms with E-state index in [1.807, 2.05) is 0 Å². The summed E-state index contributed by atoms with van der Waals surface area (Å²) in [6.45, 7) is 6.83. The van der Waals surface area contributed by atoms with E-state index < -0.39 is 83.7 Å². The van der Waals surface area contributed by atoms with Crippen LogP contribution in [0.1, 0.15) is 239 Å². The van der Waals surface area contributed by atoms with Gasteiger partial charge in [0.25, 0.3) is 0 Å². The molecule has 20 heteroatoms. The number of carbonyl (C=O) groups is 2. The van der Waals surface area contributed by atoms with Crippen molar-refractivity contribution in [2.45, 2.75) is 264 Å². The van der Waals surface area contributed by atoms with Crippen molar-refractivity contribution >= 4 is 33.4 Å². The number of rotatable bonds is 46. The molecule has 2 rings (SSSR count). The molecule has 0 bridgehead atoms. The summed E-state index contributed by atoms with van der Waals surface area (Å²) in [7, 11) is -10.8. The molecule has 1 aliphatic rings. The number of aliphatic hydroxyl groups is 2. The lowest BCUT2D eigenvalue weighted by atomic mass is 10.0. The lowest BCUT2D eigenvalue weighted by Crippen LogP contribution is -2.36. The second kappa shape index (κ2) is 39.2. The van der Waals surface area contributed by atoms with E-state index in [0.717, 1.165) is 67.8 Å². The van der Waals surface area contributed by atoms with Crippen LogP contribution < -0.4 is 11.4 Å². The van der Waals surface area contributed by atoms with E-state index in [-0.39, 0.29) is 18.7 Å². The minimum atomic E-state index is -5.42. The summed E-state index contributed by atoms with van der Waals surface area (Å²) in [5.74, 6) is 0.300. The van der Waals surface area contributed by atoms with Gasteiger partial charge in [0, 0.05) is 19.0 Å². The van der Waals surface area contributed by atoms with Crippen molar-refractivity contribution in [3.8, 4) is 0 Å². The van der Waals surface area contributed by atoms with Gasteiger partial charge in [0.2, 0.25) is 0 Å². The molecule has 6 N–H and O–H groups in total. The molecule has 1 saturated heterocycles. The summed E-state index contributed by atoms with van der Waals surface area (Å²) in [5, 5.41) is 20.9. The van der Waals surface area contributed by atoms with Crippen LogP contribution in [0.5, 0.6) is 0 Å². The Hall–Kier alpha value is -2.24. The van der Waals surface area contributed by atoms with Gasteiger partial charge >= 0.3 is 33.3 Å². The first-order valence-electron chi connectivity index (χ1n) is 27.8. The molecule has 0 spiro atoms. The zero-order valence-electron chi connectivity index (χ0n) is 44.6. The molecule has 420 valence electrons. The number of ether oxygens (including phenoxy) is 3. The molecule has 1 aromatic rings. The average molecular weight is 1070 g/mol. The SMILES string of the molecule is CC(C)CCCCCCCCCCCCCCCCCCCCC(=O)O[C@H](COC(=O)CCCCCCCCCCCCC(C)C)COP(=O)(O)OP(=O)(O)OC[C@H]1O[C@@H](n2ccc(N)nc2=O)C(O)[C@H]1O. The first-order chi connectivity index (χ1) is 34.4. The molecular weight excluding hydrogens is 969 g/mol. The molecule has 1 aromatic heterocycles. The van der Waals surface area contributed by atoms with Crippen LogP contribution in [0.25, 0.3) is 0 Å². The van der Waals surface area contributed by atoms with Crippen LogP contribution in [0.15, 0.2) is 17.1 Å². The number of anilines is 1. The summed E-state index contributed by atoms with van der Waals surface area (Å²) >= 11 is 0. The molecule has 3 unspecified atom stereocenters. The third kappa shape index (κ3) is 32.9. The predicted molar refractivity (Wildman–Crippen MR) is 280 cm³/mol. The van der Waals surface area contributed by atoms with Gasteiger partial charge in [-0.1, -0.05) is 207 Å². The molecule has 18 nitrogen and oxygen atoms in total. The van der Waals surface area contributed by atoms with Crippen LogP contribution in [0, 0.1) is 11.8 Å². The van der Waals surface area contributed by atoms with Gasteiger partial charge < -0.3 is 39.9 Å². The maximum absolute atomic E-state index is 12.9. The number of nitrogens with zero attached hydrogens (tertiary/aromatic N) is 2. The topological polar surface area (TPSA) is 265 Å².